The van der Waals surface area contributed by atoms with Gasteiger partial charge in [-0.15, -0.1) is 0 Å². The number of nitrogens with one attached hydrogen (secondary N) is 1. The largest absolute Gasteiger partial charge is 0.475 e. The predicted octanol–water partition coefficient (Wildman–Crippen LogP) is 4.78. The monoisotopic (exact) mass is 404 g/mol. The molecule has 1 N–H and O–H groups in total. The minimum atomic E-state index is -1.06. The van der Waals surface area contributed by atoms with Crippen LogP contribution in [0.25, 0.3) is 0 Å². The van der Waals surface area contributed by atoms with Crippen LogP contribution >= 0.6 is 0 Å². The van der Waals surface area contributed by atoms with E-state index in [9.17, 15) is 19.7 Å². The van der Waals surface area contributed by atoms with Crippen molar-refractivity contribution in [3.8, 4) is 5.75 Å². The fraction of sp³-hybridized carbons (Fsp3) is 0.130. The number of anilines is 1. The van der Waals surface area contributed by atoms with E-state index in [0.717, 1.165) is 17.2 Å². The highest BCUT2D eigenvalue weighted by Crippen LogP contribution is 2.29. The number of aryl methyl sites for hydroxylation is 2. The molecule has 7 heteroatoms. The summed E-state index contributed by atoms with van der Waals surface area (Å²) < 4.78 is 5.90. The van der Waals surface area contributed by atoms with Crippen LogP contribution in [0.3, 0.4) is 0 Å². The second kappa shape index (κ2) is 9.00. The summed E-state index contributed by atoms with van der Waals surface area (Å²) in [7, 11) is 0. The van der Waals surface area contributed by atoms with Crippen LogP contribution in [-0.2, 0) is 4.79 Å². The third-order valence-corrected chi connectivity index (χ3v) is 4.57. The molecule has 0 saturated carbocycles. The molecule has 0 spiro atoms. The fourth-order valence-corrected chi connectivity index (χ4v) is 2.95. The molecule has 0 heterocycles. The normalized spacial score (nSPS) is 11.4. The van der Waals surface area contributed by atoms with Crippen molar-refractivity contribution in [1.29, 1.82) is 0 Å². The molecule has 3 aromatic carbocycles. The Morgan fingerprint density at radius 2 is 1.80 bits per heavy atom. The second-order valence-electron chi connectivity index (χ2n) is 6.81. The number of rotatable bonds is 7. The number of ether oxygens (including phenoxy) is 1. The van der Waals surface area contributed by atoms with Gasteiger partial charge in [0.15, 0.2) is 6.29 Å². The van der Waals surface area contributed by atoms with Crippen LogP contribution in [0.1, 0.15) is 33.2 Å². The molecule has 1 atom stereocenters. The molecular weight excluding hydrogens is 384 g/mol. The first kappa shape index (κ1) is 20.7. The maximum atomic E-state index is 13.1. The van der Waals surface area contributed by atoms with Crippen LogP contribution in [0, 0.1) is 24.0 Å². The molecular formula is C23H20N2O5. The Balaban J connectivity index is 1.96. The molecule has 3 aromatic rings. The molecule has 7 nitrogen and oxygen atoms in total. The van der Waals surface area contributed by atoms with Crippen molar-refractivity contribution in [3.63, 3.8) is 0 Å². The maximum Gasteiger partial charge on any atom is 0.270 e. The molecule has 3 rings (SSSR count). The van der Waals surface area contributed by atoms with Gasteiger partial charge in [0, 0.05) is 23.4 Å². The Labute approximate surface area is 173 Å². The summed E-state index contributed by atoms with van der Waals surface area (Å²) >= 11 is 0. The minimum Gasteiger partial charge on any atom is -0.475 e. The number of carbonyl (C=O) groups is 2. The van der Waals surface area contributed by atoms with Gasteiger partial charge in [0.1, 0.15) is 5.75 Å². The lowest BCUT2D eigenvalue weighted by Gasteiger charge is -2.21. The average molecular weight is 404 g/mol. The van der Waals surface area contributed by atoms with Crippen molar-refractivity contribution in [2.24, 2.45) is 0 Å². The SMILES string of the molecule is Cc1ccc(C)c(NC(=O)[C@@H](Oc2ccc([N+](=O)[O-])cc2C=O)c2ccccc2)c1. The first-order chi connectivity index (χ1) is 14.4. The molecule has 0 aromatic heterocycles. The Hall–Kier alpha value is -4.00. The molecule has 0 bridgehead atoms. The molecule has 0 unspecified atom stereocenters. The average Bonchev–Trinajstić information content (AvgIpc) is 2.75. The number of carbonyl (C=O) groups excluding carboxylic acids is 2. The van der Waals surface area contributed by atoms with Gasteiger partial charge in [-0.25, -0.2) is 0 Å². The molecule has 0 aliphatic heterocycles. The van der Waals surface area contributed by atoms with E-state index >= 15 is 0 Å². The van der Waals surface area contributed by atoms with Crippen molar-refractivity contribution in [2.45, 2.75) is 20.0 Å². The Kier molecular flexibility index (Phi) is 6.22. The number of nitro benzene ring substituents is 1. The first-order valence-electron chi connectivity index (χ1n) is 9.22. The molecule has 30 heavy (non-hydrogen) atoms. The van der Waals surface area contributed by atoms with E-state index in [2.05, 4.69) is 5.32 Å². The smallest absolute Gasteiger partial charge is 0.270 e. The third-order valence-electron chi connectivity index (χ3n) is 4.57. The molecule has 0 saturated heterocycles. The van der Waals surface area contributed by atoms with E-state index in [1.54, 1.807) is 24.3 Å². The van der Waals surface area contributed by atoms with Crippen molar-refractivity contribution in [2.75, 3.05) is 5.32 Å². The van der Waals surface area contributed by atoms with Crippen molar-refractivity contribution >= 4 is 23.6 Å². The molecule has 0 aliphatic rings. The van der Waals surface area contributed by atoms with Crippen LogP contribution in [-0.4, -0.2) is 17.1 Å². The second-order valence-corrected chi connectivity index (χ2v) is 6.81. The Morgan fingerprint density at radius 3 is 2.47 bits per heavy atom. The number of aldehydes is 1. The topological polar surface area (TPSA) is 98.5 Å². The van der Waals surface area contributed by atoms with Crippen LogP contribution in [0.5, 0.6) is 5.75 Å². The van der Waals surface area contributed by atoms with Crippen LogP contribution in [0.4, 0.5) is 11.4 Å². The van der Waals surface area contributed by atoms with Gasteiger partial charge in [-0.3, -0.25) is 19.7 Å². The first-order valence-corrected chi connectivity index (χ1v) is 9.22. The lowest BCUT2D eigenvalue weighted by molar-refractivity contribution is -0.384. The summed E-state index contributed by atoms with van der Waals surface area (Å²) in [6, 6.07) is 18.2. The summed E-state index contributed by atoms with van der Waals surface area (Å²) in [6.45, 7) is 3.81. The van der Waals surface area contributed by atoms with Gasteiger partial charge >= 0.3 is 0 Å². The van der Waals surface area contributed by atoms with E-state index in [1.807, 2.05) is 38.1 Å². The van der Waals surface area contributed by atoms with Crippen LogP contribution < -0.4 is 10.1 Å². The summed E-state index contributed by atoms with van der Waals surface area (Å²) in [5.41, 5.74) is 2.88. The summed E-state index contributed by atoms with van der Waals surface area (Å²) in [5.74, 6) is -0.342. The van der Waals surface area contributed by atoms with Gasteiger partial charge in [-0.2, -0.15) is 0 Å². The zero-order chi connectivity index (χ0) is 21.7. The number of benzene rings is 3. The van der Waals surface area contributed by atoms with E-state index in [0.29, 0.717) is 17.5 Å². The fourth-order valence-electron chi connectivity index (χ4n) is 2.95. The number of non-ortho nitro benzene ring substituents is 1. The van der Waals surface area contributed by atoms with E-state index in [1.165, 1.54) is 12.1 Å². The molecule has 0 radical (unpaired) electrons. The zero-order valence-corrected chi connectivity index (χ0v) is 16.5. The standard InChI is InChI=1S/C23H20N2O5/c1-15-8-9-16(2)20(12-15)24-23(27)22(17-6-4-3-5-7-17)30-21-11-10-19(25(28)29)13-18(21)14-26/h3-14,22H,1-2H3,(H,24,27)/t22-/m0/s1. The predicted molar refractivity (Wildman–Crippen MR) is 113 cm³/mol. The number of hydrogen-bond donors (Lipinski definition) is 1. The lowest BCUT2D eigenvalue weighted by Crippen LogP contribution is -2.26. The van der Waals surface area contributed by atoms with E-state index in [4.69, 9.17) is 4.74 Å². The number of nitro groups is 1. The van der Waals surface area contributed by atoms with Gasteiger partial charge in [0.25, 0.3) is 11.6 Å². The minimum absolute atomic E-state index is 0.00957. The van der Waals surface area contributed by atoms with E-state index in [-0.39, 0.29) is 17.0 Å². The summed E-state index contributed by atoms with van der Waals surface area (Å²) in [5, 5.41) is 13.9. The van der Waals surface area contributed by atoms with Crippen molar-refractivity contribution in [1.82, 2.24) is 0 Å². The number of amides is 1. The molecule has 0 fully saturated rings. The van der Waals surface area contributed by atoms with Gasteiger partial charge in [0.05, 0.1) is 10.5 Å². The van der Waals surface area contributed by atoms with Gasteiger partial charge in [-0.1, -0.05) is 42.5 Å². The zero-order valence-electron chi connectivity index (χ0n) is 16.5. The lowest BCUT2D eigenvalue weighted by atomic mass is 10.1. The highest BCUT2D eigenvalue weighted by molar-refractivity contribution is 5.96. The van der Waals surface area contributed by atoms with Crippen LogP contribution in [0.15, 0.2) is 66.7 Å². The van der Waals surface area contributed by atoms with Gasteiger partial charge in [0.2, 0.25) is 6.10 Å². The molecule has 152 valence electrons. The Morgan fingerprint density at radius 1 is 1.07 bits per heavy atom. The quantitative estimate of drug-likeness (QED) is 0.347. The van der Waals surface area contributed by atoms with Crippen molar-refractivity contribution < 1.29 is 19.2 Å². The summed E-state index contributed by atoms with van der Waals surface area (Å²) in [4.78, 5) is 35.0. The van der Waals surface area contributed by atoms with Gasteiger partial charge < -0.3 is 10.1 Å². The Bertz CT molecular complexity index is 1100. The van der Waals surface area contributed by atoms with E-state index < -0.39 is 16.9 Å². The number of nitrogens with zero attached hydrogens (tertiary/aromatic N) is 1. The van der Waals surface area contributed by atoms with Crippen LogP contribution in [0.2, 0.25) is 0 Å². The molecule has 0 aliphatic carbocycles. The highest BCUT2D eigenvalue weighted by Gasteiger charge is 2.25. The van der Waals surface area contributed by atoms with Gasteiger partial charge in [-0.05, 0) is 37.1 Å². The highest BCUT2D eigenvalue weighted by atomic mass is 16.6. The van der Waals surface area contributed by atoms with Crippen molar-refractivity contribution in [3.05, 3.63) is 99.1 Å². The maximum absolute atomic E-state index is 13.1. The summed E-state index contributed by atoms with van der Waals surface area (Å²) in [6.07, 6.45) is -0.598. The number of hydrogen-bond acceptors (Lipinski definition) is 5. The third kappa shape index (κ3) is 4.70. The molecule has 1 amide bonds.